The Bertz CT molecular complexity index is 2240. The van der Waals surface area contributed by atoms with E-state index in [9.17, 15) is 0 Å². The molecule has 0 unspecified atom stereocenters. The van der Waals surface area contributed by atoms with Crippen LogP contribution in [-0.2, 0) is 10.3 Å². The van der Waals surface area contributed by atoms with Crippen LogP contribution < -0.4 is 0 Å². The lowest BCUT2D eigenvalue weighted by atomic mass is 9.71. The quantitative estimate of drug-likeness (QED) is 0.198. The normalized spacial score (nSPS) is 14.7. The Morgan fingerprint density at radius 1 is 0.348 bits per heavy atom. The summed E-state index contributed by atoms with van der Waals surface area (Å²) in [7, 11) is 0. The first-order valence-electron chi connectivity index (χ1n) is 16.5. The predicted molar refractivity (Wildman–Crippen MR) is 194 cm³/mol. The molecule has 0 bridgehead atoms. The van der Waals surface area contributed by atoms with Crippen molar-refractivity contribution in [2.24, 2.45) is 0 Å². The Labute approximate surface area is 269 Å². The summed E-state index contributed by atoms with van der Waals surface area (Å²) in [5.41, 5.74) is 6.87. The number of hydrogen-bond acceptors (Lipinski definition) is 1. The molecule has 0 N–H and O–H groups in total. The first-order chi connectivity index (χ1) is 22.8. The van der Waals surface area contributed by atoms with Crippen LogP contribution >= 0.6 is 0 Å². The van der Waals surface area contributed by atoms with E-state index in [-0.39, 0.29) is 0 Å². The van der Waals surface area contributed by atoms with Gasteiger partial charge in [0.2, 0.25) is 0 Å². The average Bonchev–Trinajstić information content (AvgIpc) is 3.13. The molecule has 1 aliphatic heterocycles. The fourth-order valence-corrected chi connectivity index (χ4v) is 8.10. The van der Waals surface area contributed by atoms with Gasteiger partial charge in [-0.05, 0) is 84.6 Å². The standard InChI is InChI=1S/C45H34O/c1-5-19-35-31(13-1)17-11-23-39(35)41-27-25-33-15-3-7-21-37(33)43(41)45(29-9-10-30-46-45)44-38-22-8-4-16-34(38)26-28-42(44)40-24-12-18-32-14-2-6-20-36(32)40/h1-8,11-28H,9-10,29-30H2. The van der Waals surface area contributed by atoms with Crippen molar-refractivity contribution in [2.75, 3.05) is 6.61 Å². The van der Waals surface area contributed by atoms with Gasteiger partial charge in [0.1, 0.15) is 5.60 Å². The van der Waals surface area contributed by atoms with Gasteiger partial charge >= 0.3 is 0 Å². The minimum absolute atomic E-state index is 0.668. The molecule has 1 heterocycles. The summed E-state index contributed by atoms with van der Waals surface area (Å²) in [6, 6.07) is 58.0. The summed E-state index contributed by atoms with van der Waals surface area (Å²) >= 11 is 0. The molecule has 8 aromatic rings. The number of hydrogen-bond donors (Lipinski definition) is 0. The van der Waals surface area contributed by atoms with Gasteiger partial charge in [0.15, 0.2) is 0 Å². The van der Waals surface area contributed by atoms with E-state index >= 15 is 0 Å². The van der Waals surface area contributed by atoms with Crippen LogP contribution in [0.15, 0.2) is 158 Å². The van der Waals surface area contributed by atoms with Crippen LogP contribution in [0.3, 0.4) is 0 Å². The van der Waals surface area contributed by atoms with Crippen LogP contribution in [0.2, 0.25) is 0 Å². The molecule has 1 heteroatoms. The van der Waals surface area contributed by atoms with Gasteiger partial charge in [-0.15, -0.1) is 0 Å². The van der Waals surface area contributed by atoms with E-state index in [1.165, 1.54) is 76.5 Å². The summed E-state index contributed by atoms with van der Waals surface area (Å²) in [6.45, 7) is 0.719. The summed E-state index contributed by atoms with van der Waals surface area (Å²) in [5, 5.41) is 10.0. The molecule has 220 valence electrons. The van der Waals surface area contributed by atoms with Crippen molar-refractivity contribution in [3.8, 4) is 22.3 Å². The fourth-order valence-electron chi connectivity index (χ4n) is 8.10. The van der Waals surface area contributed by atoms with Gasteiger partial charge in [-0.2, -0.15) is 0 Å². The number of ether oxygens (including phenoxy) is 1. The van der Waals surface area contributed by atoms with Gasteiger partial charge in [0.05, 0.1) is 0 Å². The Morgan fingerprint density at radius 3 is 1.22 bits per heavy atom. The fraction of sp³-hybridized carbons (Fsp3) is 0.111. The second-order valence-electron chi connectivity index (χ2n) is 12.6. The molecule has 0 radical (unpaired) electrons. The van der Waals surface area contributed by atoms with Crippen LogP contribution in [0.1, 0.15) is 30.4 Å². The third-order valence-electron chi connectivity index (χ3n) is 10.1. The summed E-state index contributed by atoms with van der Waals surface area (Å²) in [6.07, 6.45) is 3.06. The van der Waals surface area contributed by atoms with E-state index in [0.29, 0.717) is 0 Å². The molecule has 0 aliphatic carbocycles. The second-order valence-corrected chi connectivity index (χ2v) is 12.6. The van der Waals surface area contributed by atoms with Crippen molar-refractivity contribution < 1.29 is 4.74 Å². The lowest BCUT2D eigenvalue weighted by Crippen LogP contribution is -2.36. The predicted octanol–water partition coefficient (Wildman–Crippen LogP) is 12.1. The van der Waals surface area contributed by atoms with E-state index in [4.69, 9.17) is 4.74 Å². The molecular formula is C45H34O. The Morgan fingerprint density at radius 2 is 0.761 bits per heavy atom. The smallest absolute Gasteiger partial charge is 0.120 e. The van der Waals surface area contributed by atoms with Gasteiger partial charge in [-0.25, -0.2) is 0 Å². The van der Waals surface area contributed by atoms with Gasteiger partial charge in [0, 0.05) is 17.7 Å². The third-order valence-corrected chi connectivity index (χ3v) is 10.1. The van der Waals surface area contributed by atoms with Crippen molar-refractivity contribution in [1.29, 1.82) is 0 Å². The molecule has 0 spiro atoms. The maximum Gasteiger partial charge on any atom is 0.120 e. The molecule has 0 amide bonds. The van der Waals surface area contributed by atoms with E-state index < -0.39 is 5.60 Å². The Kier molecular flexibility index (Phi) is 6.47. The SMILES string of the molecule is c1ccc2c(-c3ccc4ccccc4c3C3(c4c(-c5cccc6ccccc56)ccc5ccccc45)CCCCO3)cccc2c1. The minimum atomic E-state index is -0.668. The maximum atomic E-state index is 7.40. The molecule has 0 atom stereocenters. The number of fused-ring (bicyclic) bond motifs is 4. The highest BCUT2D eigenvalue weighted by molar-refractivity contribution is 6.05. The molecule has 1 saturated heterocycles. The molecule has 1 fully saturated rings. The highest BCUT2D eigenvalue weighted by Crippen LogP contribution is 2.53. The lowest BCUT2D eigenvalue weighted by molar-refractivity contribution is -0.0505. The molecule has 1 aliphatic rings. The van der Waals surface area contributed by atoms with E-state index in [1.807, 2.05) is 0 Å². The van der Waals surface area contributed by atoms with Crippen molar-refractivity contribution in [3.63, 3.8) is 0 Å². The molecule has 9 rings (SSSR count). The third kappa shape index (κ3) is 4.20. The van der Waals surface area contributed by atoms with Gasteiger partial charge < -0.3 is 4.74 Å². The molecule has 1 nitrogen and oxygen atoms in total. The zero-order chi connectivity index (χ0) is 30.5. The summed E-state index contributed by atoms with van der Waals surface area (Å²) in [4.78, 5) is 0. The minimum Gasteiger partial charge on any atom is -0.365 e. The van der Waals surface area contributed by atoms with Gasteiger partial charge in [-0.1, -0.05) is 158 Å². The van der Waals surface area contributed by atoms with Crippen LogP contribution in [0.25, 0.3) is 65.3 Å². The molecule has 8 aromatic carbocycles. The van der Waals surface area contributed by atoms with Crippen LogP contribution in [0.4, 0.5) is 0 Å². The van der Waals surface area contributed by atoms with Crippen molar-refractivity contribution in [1.82, 2.24) is 0 Å². The molecule has 46 heavy (non-hydrogen) atoms. The summed E-state index contributed by atoms with van der Waals surface area (Å²) < 4.78 is 7.40. The Balaban J connectivity index is 1.46. The number of benzene rings is 8. The second kappa shape index (κ2) is 11.0. The van der Waals surface area contributed by atoms with Crippen LogP contribution in [-0.4, -0.2) is 6.61 Å². The lowest BCUT2D eigenvalue weighted by Gasteiger charge is -2.42. The molecular weight excluding hydrogens is 556 g/mol. The average molecular weight is 591 g/mol. The van der Waals surface area contributed by atoms with Gasteiger partial charge in [0.25, 0.3) is 0 Å². The van der Waals surface area contributed by atoms with Crippen molar-refractivity contribution in [2.45, 2.75) is 24.9 Å². The summed E-state index contributed by atoms with van der Waals surface area (Å²) in [5.74, 6) is 0. The van der Waals surface area contributed by atoms with Crippen LogP contribution in [0, 0.1) is 0 Å². The molecule has 0 saturated carbocycles. The van der Waals surface area contributed by atoms with Crippen molar-refractivity contribution in [3.05, 3.63) is 169 Å². The van der Waals surface area contributed by atoms with E-state index in [1.54, 1.807) is 0 Å². The maximum absolute atomic E-state index is 7.40. The Hall–Kier alpha value is -5.24. The zero-order valence-corrected chi connectivity index (χ0v) is 25.7. The van der Waals surface area contributed by atoms with Crippen LogP contribution in [0.5, 0.6) is 0 Å². The van der Waals surface area contributed by atoms with Crippen molar-refractivity contribution >= 4 is 43.1 Å². The number of rotatable bonds is 4. The topological polar surface area (TPSA) is 9.23 Å². The van der Waals surface area contributed by atoms with E-state index in [2.05, 4.69) is 158 Å². The van der Waals surface area contributed by atoms with E-state index in [0.717, 1.165) is 25.9 Å². The largest absolute Gasteiger partial charge is 0.365 e. The molecule has 0 aromatic heterocycles. The van der Waals surface area contributed by atoms with Gasteiger partial charge in [-0.3, -0.25) is 0 Å². The first-order valence-corrected chi connectivity index (χ1v) is 16.5. The monoisotopic (exact) mass is 590 g/mol. The highest BCUT2D eigenvalue weighted by Gasteiger charge is 2.43. The first kappa shape index (κ1) is 27.1. The zero-order valence-electron chi connectivity index (χ0n) is 25.7. The highest BCUT2D eigenvalue weighted by atomic mass is 16.5.